The van der Waals surface area contributed by atoms with Crippen molar-refractivity contribution in [2.75, 3.05) is 43.1 Å². The van der Waals surface area contributed by atoms with E-state index >= 15 is 0 Å². The molecule has 5 nitrogen and oxygen atoms in total. The number of anilines is 1. The van der Waals surface area contributed by atoms with Crippen LogP contribution in [0.1, 0.15) is 16.3 Å². The third-order valence-corrected chi connectivity index (χ3v) is 6.10. The van der Waals surface area contributed by atoms with Crippen molar-refractivity contribution < 1.29 is 0 Å². The lowest BCUT2D eigenvalue weighted by Crippen LogP contribution is -2.37. The van der Waals surface area contributed by atoms with Crippen LogP contribution in [0.15, 0.2) is 34.6 Å². The lowest BCUT2D eigenvalue weighted by atomic mass is 10.2. The molecule has 2 heterocycles. The van der Waals surface area contributed by atoms with Gasteiger partial charge in [-0.2, -0.15) is 11.8 Å². The summed E-state index contributed by atoms with van der Waals surface area (Å²) < 4.78 is 0. The van der Waals surface area contributed by atoms with Gasteiger partial charge in [0, 0.05) is 62.2 Å². The predicted octanol–water partition coefficient (Wildman–Crippen LogP) is 3.53. The van der Waals surface area contributed by atoms with Crippen LogP contribution in [-0.4, -0.2) is 49.1 Å². The quantitative estimate of drug-likeness (QED) is 0.349. The minimum atomic E-state index is 0. The van der Waals surface area contributed by atoms with Gasteiger partial charge in [-0.05, 0) is 24.6 Å². The SMILES string of the molecule is CN=C(NCCc1csc(C)n1)NCc1ccc(N2CCSCC2)cc1.I. The summed E-state index contributed by atoms with van der Waals surface area (Å²) in [4.78, 5) is 11.2. The van der Waals surface area contributed by atoms with Crippen LogP contribution in [0.2, 0.25) is 0 Å². The molecule has 1 aliphatic rings. The average molecular weight is 518 g/mol. The van der Waals surface area contributed by atoms with Crippen molar-refractivity contribution in [3.63, 3.8) is 0 Å². The van der Waals surface area contributed by atoms with Crippen molar-refractivity contribution in [2.24, 2.45) is 4.99 Å². The number of hydrogen-bond acceptors (Lipinski definition) is 5. The van der Waals surface area contributed by atoms with E-state index in [1.807, 2.05) is 18.7 Å². The second-order valence-electron chi connectivity index (χ2n) is 6.23. The maximum absolute atomic E-state index is 4.49. The number of nitrogens with zero attached hydrogens (tertiary/aromatic N) is 3. The molecule has 0 spiro atoms. The molecule has 1 aromatic carbocycles. The van der Waals surface area contributed by atoms with Crippen molar-refractivity contribution >= 4 is 58.7 Å². The number of aliphatic imine (C=N–C) groups is 1. The van der Waals surface area contributed by atoms with E-state index in [1.165, 1.54) is 22.8 Å². The van der Waals surface area contributed by atoms with Crippen molar-refractivity contribution in [3.8, 4) is 0 Å². The molecule has 0 amide bonds. The summed E-state index contributed by atoms with van der Waals surface area (Å²) in [6.45, 7) is 5.94. The van der Waals surface area contributed by atoms with Crippen LogP contribution < -0.4 is 15.5 Å². The third-order valence-electron chi connectivity index (χ3n) is 4.34. The number of aryl methyl sites for hydroxylation is 1. The molecule has 1 saturated heterocycles. The van der Waals surface area contributed by atoms with E-state index in [-0.39, 0.29) is 24.0 Å². The Morgan fingerprint density at radius 1 is 1.19 bits per heavy atom. The lowest BCUT2D eigenvalue weighted by Gasteiger charge is -2.28. The molecular weight excluding hydrogens is 489 g/mol. The van der Waals surface area contributed by atoms with E-state index in [4.69, 9.17) is 0 Å². The van der Waals surface area contributed by atoms with Gasteiger partial charge in [0.1, 0.15) is 0 Å². The van der Waals surface area contributed by atoms with Crippen LogP contribution in [0.25, 0.3) is 0 Å². The average Bonchev–Trinajstić information content (AvgIpc) is 3.11. The van der Waals surface area contributed by atoms with Crippen molar-refractivity contribution in [3.05, 3.63) is 45.9 Å². The molecule has 27 heavy (non-hydrogen) atoms. The number of rotatable bonds is 6. The molecular formula is C19H28IN5S2. The molecule has 0 bridgehead atoms. The number of halogens is 1. The van der Waals surface area contributed by atoms with Crippen molar-refractivity contribution in [1.29, 1.82) is 0 Å². The van der Waals surface area contributed by atoms with Crippen LogP contribution in [-0.2, 0) is 13.0 Å². The van der Waals surface area contributed by atoms with Gasteiger partial charge in [0.05, 0.1) is 10.7 Å². The number of thiazole rings is 1. The summed E-state index contributed by atoms with van der Waals surface area (Å²) in [5.41, 5.74) is 3.73. The topological polar surface area (TPSA) is 52.6 Å². The second kappa shape index (κ2) is 11.8. The van der Waals surface area contributed by atoms with E-state index in [1.54, 1.807) is 18.4 Å². The molecule has 0 aliphatic carbocycles. The zero-order valence-electron chi connectivity index (χ0n) is 15.9. The van der Waals surface area contributed by atoms with E-state index in [9.17, 15) is 0 Å². The minimum Gasteiger partial charge on any atom is -0.370 e. The summed E-state index contributed by atoms with van der Waals surface area (Å²) in [5, 5.41) is 9.97. The van der Waals surface area contributed by atoms with Crippen LogP contribution in [0.4, 0.5) is 5.69 Å². The van der Waals surface area contributed by atoms with E-state index in [0.29, 0.717) is 0 Å². The van der Waals surface area contributed by atoms with E-state index < -0.39 is 0 Å². The fourth-order valence-electron chi connectivity index (χ4n) is 2.88. The number of aromatic nitrogens is 1. The summed E-state index contributed by atoms with van der Waals surface area (Å²) in [6.07, 6.45) is 0.911. The number of thioether (sulfide) groups is 1. The van der Waals surface area contributed by atoms with Gasteiger partial charge in [-0.1, -0.05) is 12.1 Å². The number of hydrogen-bond donors (Lipinski definition) is 2. The Balaban J connectivity index is 0.00000261. The minimum absolute atomic E-state index is 0. The Labute approximate surface area is 187 Å². The van der Waals surface area contributed by atoms with Crippen LogP contribution >= 0.6 is 47.1 Å². The highest BCUT2D eigenvalue weighted by atomic mass is 127. The van der Waals surface area contributed by atoms with Crippen LogP contribution in [0, 0.1) is 6.92 Å². The first-order chi connectivity index (χ1) is 12.7. The maximum Gasteiger partial charge on any atom is 0.191 e. The normalized spacial score (nSPS) is 14.6. The maximum atomic E-state index is 4.49. The summed E-state index contributed by atoms with van der Waals surface area (Å²) in [7, 11) is 1.81. The van der Waals surface area contributed by atoms with Gasteiger partial charge in [-0.3, -0.25) is 4.99 Å². The van der Waals surface area contributed by atoms with Gasteiger partial charge in [-0.25, -0.2) is 4.98 Å². The second-order valence-corrected chi connectivity index (χ2v) is 8.51. The standard InChI is InChI=1S/C19H27N5S2.HI/c1-15-23-17(14-26-15)7-8-21-19(20-2)22-13-16-3-5-18(6-4-16)24-9-11-25-12-10-24;/h3-6,14H,7-13H2,1-2H3,(H2,20,21,22);1H. The molecule has 3 rings (SSSR count). The van der Waals surface area contributed by atoms with E-state index in [0.717, 1.165) is 49.3 Å². The smallest absolute Gasteiger partial charge is 0.191 e. The Hall–Kier alpha value is -1.000. The number of nitrogens with one attached hydrogen (secondary N) is 2. The number of guanidine groups is 1. The predicted molar refractivity (Wildman–Crippen MR) is 130 cm³/mol. The van der Waals surface area contributed by atoms with Crippen LogP contribution in [0.3, 0.4) is 0 Å². The zero-order chi connectivity index (χ0) is 18.2. The van der Waals surface area contributed by atoms with Gasteiger partial charge < -0.3 is 15.5 Å². The first-order valence-electron chi connectivity index (χ1n) is 9.02. The first-order valence-corrected chi connectivity index (χ1v) is 11.0. The molecule has 1 aromatic heterocycles. The Morgan fingerprint density at radius 2 is 1.93 bits per heavy atom. The van der Waals surface area contributed by atoms with Gasteiger partial charge in [0.15, 0.2) is 5.96 Å². The Morgan fingerprint density at radius 3 is 2.56 bits per heavy atom. The zero-order valence-corrected chi connectivity index (χ0v) is 19.9. The molecule has 0 saturated carbocycles. The molecule has 2 N–H and O–H groups in total. The highest BCUT2D eigenvalue weighted by molar-refractivity contribution is 14.0. The molecule has 0 radical (unpaired) electrons. The highest BCUT2D eigenvalue weighted by Gasteiger charge is 2.10. The molecule has 148 valence electrons. The molecule has 1 aliphatic heterocycles. The monoisotopic (exact) mass is 517 g/mol. The highest BCUT2D eigenvalue weighted by Crippen LogP contribution is 2.19. The van der Waals surface area contributed by atoms with Crippen molar-refractivity contribution in [1.82, 2.24) is 15.6 Å². The molecule has 0 atom stereocenters. The Bertz CT molecular complexity index is 711. The summed E-state index contributed by atoms with van der Waals surface area (Å²) >= 11 is 3.74. The Kier molecular flexibility index (Phi) is 9.70. The molecule has 2 aromatic rings. The fraction of sp³-hybridized carbons (Fsp3) is 0.474. The largest absolute Gasteiger partial charge is 0.370 e. The molecule has 1 fully saturated rings. The van der Waals surface area contributed by atoms with Crippen LogP contribution in [0.5, 0.6) is 0 Å². The first kappa shape index (κ1) is 22.3. The fourth-order valence-corrected chi connectivity index (χ4v) is 4.43. The lowest BCUT2D eigenvalue weighted by molar-refractivity contribution is 0.785. The van der Waals surface area contributed by atoms with Gasteiger partial charge in [-0.15, -0.1) is 35.3 Å². The van der Waals surface area contributed by atoms with Gasteiger partial charge in [0.2, 0.25) is 0 Å². The number of benzene rings is 1. The van der Waals surface area contributed by atoms with Crippen molar-refractivity contribution in [2.45, 2.75) is 19.9 Å². The summed E-state index contributed by atoms with van der Waals surface area (Å²) in [5.74, 6) is 3.28. The third kappa shape index (κ3) is 7.15. The van der Waals surface area contributed by atoms with Gasteiger partial charge >= 0.3 is 0 Å². The molecule has 8 heteroatoms. The summed E-state index contributed by atoms with van der Waals surface area (Å²) in [6, 6.07) is 8.87. The molecule has 0 unspecified atom stereocenters. The van der Waals surface area contributed by atoms with E-state index in [2.05, 4.69) is 55.2 Å². The van der Waals surface area contributed by atoms with Gasteiger partial charge in [0.25, 0.3) is 0 Å².